The summed E-state index contributed by atoms with van der Waals surface area (Å²) in [5.41, 5.74) is -1.07. The third kappa shape index (κ3) is 1.89. The maximum absolute atomic E-state index is 13.3. The first-order chi connectivity index (χ1) is 7.39. The van der Waals surface area contributed by atoms with E-state index in [1.165, 1.54) is 18.2 Å². The van der Waals surface area contributed by atoms with Crippen LogP contribution < -0.4 is 0 Å². The molecule has 0 saturated heterocycles. The van der Waals surface area contributed by atoms with Gasteiger partial charge in [0.2, 0.25) is 0 Å². The summed E-state index contributed by atoms with van der Waals surface area (Å²) < 4.78 is 50.6. The van der Waals surface area contributed by atoms with Gasteiger partial charge in [0.05, 0.1) is 10.9 Å². The van der Waals surface area contributed by atoms with Gasteiger partial charge in [0.15, 0.2) is 0 Å². The molecule has 0 aliphatic carbocycles. The van der Waals surface area contributed by atoms with Gasteiger partial charge in [-0.3, -0.25) is 0 Å². The summed E-state index contributed by atoms with van der Waals surface area (Å²) in [5, 5.41) is 0.0514. The van der Waals surface area contributed by atoms with Crippen LogP contribution in [-0.2, 0) is 6.18 Å². The minimum atomic E-state index is -4.54. The molecule has 0 saturated carbocycles. The largest absolute Gasteiger partial charge is 0.433 e. The van der Waals surface area contributed by atoms with Crippen LogP contribution in [0, 0.1) is 5.82 Å². The lowest BCUT2D eigenvalue weighted by molar-refractivity contribution is -0.141. The van der Waals surface area contributed by atoms with E-state index < -0.39 is 17.7 Å². The quantitative estimate of drug-likeness (QED) is 0.665. The van der Waals surface area contributed by atoms with Crippen LogP contribution in [0.2, 0.25) is 0 Å². The minimum absolute atomic E-state index is 0.0262. The van der Waals surface area contributed by atoms with E-state index in [1.807, 2.05) is 0 Å². The first-order valence-corrected chi connectivity index (χ1v) is 5.01. The van der Waals surface area contributed by atoms with Gasteiger partial charge in [-0.1, -0.05) is 6.07 Å². The smallest absolute Gasteiger partial charge is 0.243 e. The van der Waals surface area contributed by atoms with Crippen LogP contribution in [0.5, 0.6) is 0 Å². The molecule has 1 heterocycles. The van der Waals surface area contributed by atoms with Crippen molar-refractivity contribution in [1.82, 2.24) is 4.98 Å². The molecule has 0 aliphatic rings. The third-order valence-electron chi connectivity index (χ3n) is 2.03. The fraction of sp³-hybridized carbons (Fsp3) is 0.100. The maximum Gasteiger partial charge on any atom is 0.433 e. The zero-order valence-corrected chi connectivity index (χ0v) is 9.23. The Kier molecular flexibility index (Phi) is 2.61. The van der Waals surface area contributed by atoms with Crippen molar-refractivity contribution in [3.63, 3.8) is 0 Å². The van der Waals surface area contributed by atoms with Crippen LogP contribution in [0.3, 0.4) is 0 Å². The molecule has 1 aromatic heterocycles. The highest BCUT2D eigenvalue weighted by Gasteiger charge is 2.33. The van der Waals surface area contributed by atoms with E-state index in [0.717, 1.165) is 6.07 Å². The van der Waals surface area contributed by atoms with E-state index in [2.05, 4.69) is 20.9 Å². The van der Waals surface area contributed by atoms with Crippen LogP contribution in [0.1, 0.15) is 5.69 Å². The summed E-state index contributed by atoms with van der Waals surface area (Å²) >= 11 is 2.91. The monoisotopic (exact) mass is 293 g/mol. The van der Waals surface area contributed by atoms with Crippen molar-refractivity contribution < 1.29 is 17.6 Å². The molecule has 1 nitrogen and oxygen atoms in total. The summed E-state index contributed by atoms with van der Waals surface area (Å²) in [4.78, 5) is 3.37. The molecule has 0 unspecified atom stereocenters. The molecule has 0 amide bonds. The molecule has 0 radical (unpaired) electrons. The average molecular weight is 294 g/mol. The number of rotatable bonds is 0. The molecule has 2 rings (SSSR count). The van der Waals surface area contributed by atoms with E-state index in [9.17, 15) is 17.6 Å². The summed E-state index contributed by atoms with van der Waals surface area (Å²) in [6.45, 7) is 0. The van der Waals surface area contributed by atoms with Gasteiger partial charge in [-0.05, 0) is 34.1 Å². The topological polar surface area (TPSA) is 12.9 Å². The second kappa shape index (κ2) is 3.69. The van der Waals surface area contributed by atoms with Crippen LogP contribution in [0.15, 0.2) is 28.7 Å². The molecule has 0 aliphatic heterocycles. The molecule has 2 aromatic rings. The lowest BCUT2D eigenvalue weighted by atomic mass is 10.2. The molecule has 6 heteroatoms. The lowest BCUT2D eigenvalue weighted by Gasteiger charge is -2.08. The van der Waals surface area contributed by atoms with Crippen LogP contribution >= 0.6 is 15.9 Å². The van der Waals surface area contributed by atoms with E-state index >= 15 is 0 Å². The predicted octanol–water partition coefficient (Wildman–Crippen LogP) is 4.16. The molecule has 0 bridgehead atoms. The number of benzene rings is 1. The first-order valence-electron chi connectivity index (χ1n) is 4.21. The predicted molar refractivity (Wildman–Crippen MR) is 54.4 cm³/mol. The number of hydrogen-bond acceptors (Lipinski definition) is 1. The SMILES string of the molecule is Fc1cccc2nc(C(F)(F)F)cc(Br)c12. The van der Waals surface area contributed by atoms with Gasteiger partial charge in [-0.2, -0.15) is 13.2 Å². The van der Waals surface area contributed by atoms with Gasteiger partial charge in [0.1, 0.15) is 11.5 Å². The highest BCUT2D eigenvalue weighted by atomic mass is 79.9. The van der Waals surface area contributed by atoms with Gasteiger partial charge in [-0.15, -0.1) is 0 Å². The second-order valence-electron chi connectivity index (χ2n) is 3.12. The van der Waals surface area contributed by atoms with Gasteiger partial charge >= 0.3 is 6.18 Å². The summed E-state index contributed by atoms with van der Waals surface area (Å²) in [6, 6.07) is 4.59. The summed E-state index contributed by atoms with van der Waals surface area (Å²) in [7, 11) is 0. The standard InChI is InChI=1S/C10H4BrF4N/c11-5-4-8(10(13,14)15)16-7-3-1-2-6(12)9(5)7/h1-4H. The molecule has 1 aromatic carbocycles. The minimum Gasteiger partial charge on any atom is -0.243 e. The van der Waals surface area contributed by atoms with E-state index in [4.69, 9.17) is 0 Å². The van der Waals surface area contributed by atoms with E-state index in [1.54, 1.807) is 0 Å². The Balaban J connectivity index is 2.79. The fourth-order valence-electron chi connectivity index (χ4n) is 1.34. The molecule has 16 heavy (non-hydrogen) atoms. The first kappa shape index (κ1) is 11.3. The number of halogens is 5. The Bertz CT molecular complexity index is 550. The fourth-order valence-corrected chi connectivity index (χ4v) is 1.95. The van der Waals surface area contributed by atoms with Gasteiger partial charge < -0.3 is 0 Å². The highest BCUT2D eigenvalue weighted by molar-refractivity contribution is 9.10. The zero-order valence-electron chi connectivity index (χ0n) is 7.65. The van der Waals surface area contributed by atoms with Gasteiger partial charge in [-0.25, -0.2) is 9.37 Å². The molecule has 0 spiro atoms. The Morgan fingerprint density at radius 1 is 1.19 bits per heavy atom. The van der Waals surface area contributed by atoms with Crippen molar-refractivity contribution in [3.8, 4) is 0 Å². The van der Waals surface area contributed by atoms with Crippen molar-refractivity contribution in [2.45, 2.75) is 6.18 Å². The Morgan fingerprint density at radius 2 is 1.88 bits per heavy atom. The van der Waals surface area contributed by atoms with E-state index in [-0.39, 0.29) is 15.4 Å². The molecular weight excluding hydrogens is 290 g/mol. The third-order valence-corrected chi connectivity index (χ3v) is 2.65. The average Bonchev–Trinajstić information content (AvgIpc) is 2.15. The lowest BCUT2D eigenvalue weighted by Crippen LogP contribution is -2.08. The molecule has 0 atom stereocenters. The summed E-state index contributed by atoms with van der Waals surface area (Å²) in [6.07, 6.45) is -4.54. The number of fused-ring (bicyclic) bond motifs is 1. The molecular formula is C10H4BrF4N. The van der Waals surface area contributed by atoms with Crippen LogP contribution in [-0.4, -0.2) is 4.98 Å². The molecule has 0 fully saturated rings. The van der Waals surface area contributed by atoms with Gasteiger partial charge in [0, 0.05) is 4.47 Å². The van der Waals surface area contributed by atoms with Crippen molar-refractivity contribution in [1.29, 1.82) is 0 Å². The van der Waals surface area contributed by atoms with Crippen molar-refractivity contribution in [2.75, 3.05) is 0 Å². The highest BCUT2D eigenvalue weighted by Crippen LogP contribution is 2.33. The number of alkyl halides is 3. The second-order valence-corrected chi connectivity index (χ2v) is 3.98. The summed E-state index contributed by atoms with van der Waals surface area (Å²) in [5.74, 6) is -0.606. The number of aromatic nitrogens is 1. The Hall–Kier alpha value is -1.17. The van der Waals surface area contributed by atoms with Crippen molar-refractivity contribution in [3.05, 3.63) is 40.2 Å². The van der Waals surface area contributed by atoms with E-state index in [0.29, 0.717) is 0 Å². The van der Waals surface area contributed by atoms with Crippen LogP contribution in [0.25, 0.3) is 10.9 Å². The number of hydrogen-bond donors (Lipinski definition) is 0. The Morgan fingerprint density at radius 3 is 2.50 bits per heavy atom. The normalized spacial score (nSPS) is 12.1. The molecule has 84 valence electrons. The van der Waals surface area contributed by atoms with Crippen molar-refractivity contribution >= 4 is 26.8 Å². The molecule has 0 N–H and O–H groups in total. The maximum atomic E-state index is 13.3. The van der Waals surface area contributed by atoms with Crippen LogP contribution in [0.4, 0.5) is 17.6 Å². The number of pyridine rings is 1. The van der Waals surface area contributed by atoms with Gasteiger partial charge in [0.25, 0.3) is 0 Å². The van der Waals surface area contributed by atoms with Crippen molar-refractivity contribution in [2.24, 2.45) is 0 Å². The number of nitrogens with zero attached hydrogens (tertiary/aromatic N) is 1. The Labute approximate surface area is 96.2 Å². The zero-order chi connectivity index (χ0) is 11.9.